The van der Waals surface area contributed by atoms with Crippen LogP contribution in [0.3, 0.4) is 0 Å². The van der Waals surface area contributed by atoms with Crippen LogP contribution >= 0.6 is 0 Å². The van der Waals surface area contributed by atoms with Gasteiger partial charge in [-0.15, -0.1) is 0 Å². The van der Waals surface area contributed by atoms with E-state index in [1.165, 1.54) is 18.2 Å². The smallest absolute Gasteiger partial charge is 0.337 e. The number of hydrogen-bond acceptors (Lipinski definition) is 7. The minimum Gasteiger partial charge on any atom is -0.459 e. The summed E-state index contributed by atoms with van der Waals surface area (Å²) in [4.78, 5) is 30.6. The Bertz CT molecular complexity index is 1320. The van der Waals surface area contributed by atoms with Gasteiger partial charge < -0.3 is 9.15 Å². The van der Waals surface area contributed by atoms with Gasteiger partial charge in [0.25, 0.3) is 11.6 Å². The van der Waals surface area contributed by atoms with E-state index in [-0.39, 0.29) is 33.5 Å². The summed E-state index contributed by atoms with van der Waals surface area (Å²) in [6.07, 6.45) is 1.97. The third-order valence-electron chi connectivity index (χ3n) is 4.28. The molecule has 0 amide bonds. The zero-order chi connectivity index (χ0) is 19.2. The van der Waals surface area contributed by atoms with Crippen LogP contribution in [0.2, 0.25) is 0 Å². The molecule has 0 unspecified atom stereocenters. The highest BCUT2D eigenvalue weighted by Gasteiger charge is 2.29. The maximum absolute atomic E-state index is 12.5. The first kappa shape index (κ1) is 17.2. The van der Waals surface area contributed by atoms with E-state index >= 15 is 0 Å². The van der Waals surface area contributed by atoms with Crippen molar-refractivity contribution in [2.75, 3.05) is 6.61 Å². The lowest BCUT2D eigenvalue weighted by Crippen LogP contribution is -2.17. The summed E-state index contributed by atoms with van der Waals surface area (Å²) >= 11 is 0. The maximum Gasteiger partial charge on any atom is 0.337 e. The Morgan fingerprint density at radius 3 is 2.74 bits per heavy atom. The van der Waals surface area contributed by atoms with E-state index in [9.17, 15) is 18.0 Å². The number of rotatable bonds is 4. The number of aromatic amines is 1. The predicted molar refractivity (Wildman–Crippen MR) is 97.4 cm³/mol. The number of aromatic nitrogens is 2. The molecule has 3 aromatic rings. The Labute approximate surface area is 153 Å². The number of H-pyrrole nitrogens is 1. The summed E-state index contributed by atoms with van der Waals surface area (Å²) in [5.74, 6) is 0. The van der Waals surface area contributed by atoms with Gasteiger partial charge in [0.2, 0.25) is 15.6 Å². The number of sulfone groups is 1. The third-order valence-corrected chi connectivity index (χ3v) is 6.15. The minimum atomic E-state index is -3.64. The zero-order valence-corrected chi connectivity index (χ0v) is 15.0. The molecule has 0 saturated heterocycles. The summed E-state index contributed by atoms with van der Waals surface area (Å²) in [5.41, 5.74) is -0.209. The average molecular weight is 386 g/mol. The molecule has 9 heteroatoms. The molecule has 27 heavy (non-hydrogen) atoms. The Morgan fingerprint density at radius 1 is 1.22 bits per heavy atom. The third kappa shape index (κ3) is 2.85. The highest BCUT2D eigenvalue weighted by Crippen LogP contribution is 2.32. The number of aryl methyl sites for hydroxylation is 1. The lowest BCUT2D eigenvalue weighted by atomic mass is 10.1. The standard InChI is InChI=1S/C18H14N2O6S/c1-2-10-8-14(21)26-17-15(10)16(22)19-18(20-17)25-9-12-7-11-5-3-4-6-13(11)27(12,23)24/h3-8H,2,9H2,1H3,(H,19,20,22). The molecule has 1 N–H and O–H groups in total. The van der Waals surface area contributed by atoms with E-state index < -0.39 is 21.0 Å². The fourth-order valence-corrected chi connectivity index (χ4v) is 4.45. The van der Waals surface area contributed by atoms with Crippen molar-refractivity contribution in [3.8, 4) is 6.01 Å². The number of nitrogens with one attached hydrogen (secondary N) is 1. The topological polar surface area (TPSA) is 119 Å². The van der Waals surface area contributed by atoms with E-state index in [1.807, 2.05) is 0 Å². The highest BCUT2D eigenvalue weighted by molar-refractivity contribution is 7.95. The van der Waals surface area contributed by atoms with Gasteiger partial charge in [-0.05, 0) is 29.7 Å². The van der Waals surface area contributed by atoms with E-state index in [0.717, 1.165) is 0 Å². The first-order valence-electron chi connectivity index (χ1n) is 8.14. The molecule has 1 aliphatic heterocycles. The van der Waals surface area contributed by atoms with Crippen molar-refractivity contribution in [2.45, 2.75) is 18.2 Å². The Balaban J connectivity index is 1.68. The lowest BCUT2D eigenvalue weighted by molar-refractivity contribution is 0.328. The Morgan fingerprint density at radius 2 is 2.00 bits per heavy atom. The normalized spacial score (nSPS) is 14.8. The van der Waals surface area contributed by atoms with E-state index in [2.05, 4.69) is 9.97 Å². The second-order valence-electron chi connectivity index (χ2n) is 5.94. The summed E-state index contributed by atoms with van der Waals surface area (Å²) in [7, 11) is -3.64. The number of nitrogens with zero attached hydrogens (tertiary/aromatic N) is 1. The monoisotopic (exact) mass is 386 g/mol. The summed E-state index contributed by atoms with van der Waals surface area (Å²) in [6.45, 7) is 1.48. The molecule has 8 nitrogen and oxygen atoms in total. The molecule has 2 aromatic heterocycles. The van der Waals surface area contributed by atoms with Gasteiger partial charge >= 0.3 is 5.63 Å². The molecule has 0 radical (unpaired) electrons. The average Bonchev–Trinajstić information content (AvgIpc) is 2.89. The first-order valence-corrected chi connectivity index (χ1v) is 9.63. The van der Waals surface area contributed by atoms with Crippen LogP contribution in [-0.4, -0.2) is 25.0 Å². The van der Waals surface area contributed by atoms with Crippen LogP contribution < -0.4 is 15.9 Å². The SMILES string of the molecule is CCc1cc(=O)oc2nc(OCC3=Cc4ccccc4S3(=O)=O)[nH]c(=O)c12. The van der Waals surface area contributed by atoms with Crippen LogP contribution in [0.1, 0.15) is 18.1 Å². The summed E-state index contributed by atoms with van der Waals surface area (Å²) in [5, 5.41) is 0.171. The van der Waals surface area contributed by atoms with Crippen molar-refractivity contribution in [3.05, 3.63) is 67.1 Å². The fourth-order valence-electron chi connectivity index (χ4n) is 2.97. The van der Waals surface area contributed by atoms with Gasteiger partial charge in [0.05, 0.1) is 9.80 Å². The molecular weight excluding hydrogens is 372 g/mol. The molecule has 0 bridgehead atoms. The molecule has 1 aromatic carbocycles. The van der Waals surface area contributed by atoms with Crippen molar-refractivity contribution >= 4 is 27.0 Å². The van der Waals surface area contributed by atoms with Gasteiger partial charge in [-0.3, -0.25) is 9.78 Å². The number of benzene rings is 1. The summed E-state index contributed by atoms with van der Waals surface area (Å²) in [6, 6.07) is 7.61. The van der Waals surface area contributed by atoms with Crippen LogP contribution in [0.4, 0.5) is 0 Å². The van der Waals surface area contributed by atoms with E-state index in [0.29, 0.717) is 17.5 Å². The molecule has 3 heterocycles. The van der Waals surface area contributed by atoms with Crippen molar-refractivity contribution in [3.63, 3.8) is 0 Å². The van der Waals surface area contributed by atoms with Gasteiger partial charge in [-0.2, -0.15) is 4.98 Å². The molecule has 138 valence electrons. The van der Waals surface area contributed by atoms with Crippen LogP contribution in [0, 0.1) is 0 Å². The molecule has 0 fully saturated rings. The van der Waals surface area contributed by atoms with E-state index in [4.69, 9.17) is 9.15 Å². The van der Waals surface area contributed by atoms with Crippen LogP contribution in [0.25, 0.3) is 17.2 Å². The quantitative estimate of drug-likeness (QED) is 0.724. The summed E-state index contributed by atoms with van der Waals surface area (Å²) < 4.78 is 35.4. The Kier molecular flexibility index (Phi) is 3.96. The van der Waals surface area contributed by atoms with Gasteiger partial charge in [-0.25, -0.2) is 13.2 Å². The van der Waals surface area contributed by atoms with Crippen molar-refractivity contribution in [2.24, 2.45) is 0 Å². The highest BCUT2D eigenvalue weighted by atomic mass is 32.2. The zero-order valence-electron chi connectivity index (χ0n) is 14.2. The second-order valence-corrected chi connectivity index (χ2v) is 7.91. The van der Waals surface area contributed by atoms with Crippen molar-refractivity contribution in [1.29, 1.82) is 0 Å². The van der Waals surface area contributed by atoms with Gasteiger partial charge in [0.15, 0.2) is 0 Å². The maximum atomic E-state index is 12.5. The van der Waals surface area contributed by atoms with Crippen LogP contribution in [0.5, 0.6) is 6.01 Å². The molecule has 1 aliphatic rings. The molecule has 0 atom stereocenters. The minimum absolute atomic E-state index is 0.0511. The Hall–Kier alpha value is -3.20. The number of ether oxygens (including phenoxy) is 1. The molecular formula is C18H14N2O6S. The van der Waals surface area contributed by atoms with Crippen LogP contribution in [0.15, 0.2) is 54.1 Å². The fraction of sp³-hybridized carbons (Fsp3) is 0.167. The van der Waals surface area contributed by atoms with Gasteiger partial charge in [0.1, 0.15) is 12.0 Å². The van der Waals surface area contributed by atoms with Crippen LogP contribution in [-0.2, 0) is 16.3 Å². The second kappa shape index (κ2) is 6.20. The number of hydrogen-bond donors (Lipinski definition) is 1. The van der Waals surface area contributed by atoms with Crippen molar-refractivity contribution < 1.29 is 17.6 Å². The molecule has 0 aliphatic carbocycles. The van der Waals surface area contributed by atoms with Gasteiger partial charge in [0, 0.05) is 6.07 Å². The first-order chi connectivity index (χ1) is 12.9. The largest absolute Gasteiger partial charge is 0.459 e. The molecule has 4 rings (SSSR count). The molecule has 0 spiro atoms. The predicted octanol–water partition coefficient (Wildman–Crippen LogP) is 1.65. The van der Waals surface area contributed by atoms with Crippen molar-refractivity contribution in [1.82, 2.24) is 9.97 Å². The molecule has 0 saturated carbocycles. The van der Waals surface area contributed by atoms with E-state index in [1.54, 1.807) is 25.1 Å². The van der Waals surface area contributed by atoms with Gasteiger partial charge in [-0.1, -0.05) is 25.1 Å². The number of fused-ring (bicyclic) bond motifs is 2. The lowest BCUT2D eigenvalue weighted by Gasteiger charge is -2.07.